The van der Waals surface area contributed by atoms with Crippen molar-refractivity contribution in [2.75, 3.05) is 0 Å². The Bertz CT molecular complexity index is 211. The smallest absolute Gasteiger partial charge is 0.0519 e. The summed E-state index contributed by atoms with van der Waals surface area (Å²) < 4.78 is 0. The van der Waals surface area contributed by atoms with Crippen molar-refractivity contribution in [3.8, 4) is 0 Å². The zero-order valence-electron chi connectivity index (χ0n) is 9.63. The lowest BCUT2D eigenvalue weighted by Crippen LogP contribution is -2.32. The molecule has 0 radical (unpaired) electrons. The van der Waals surface area contributed by atoms with E-state index in [1.54, 1.807) is 0 Å². The zero-order chi connectivity index (χ0) is 10.0. The summed E-state index contributed by atoms with van der Waals surface area (Å²) in [5.41, 5.74) is 0.531. The number of nitrogens with zero attached hydrogens (tertiary/aromatic N) is 1. The van der Waals surface area contributed by atoms with E-state index in [0.717, 1.165) is 5.92 Å². The van der Waals surface area contributed by atoms with E-state index in [9.17, 15) is 0 Å². The van der Waals surface area contributed by atoms with Gasteiger partial charge in [0.05, 0.1) is 6.04 Å². The average molecular weight is 193 g/mol. The first kappa shape index (κ1) is 10.2. The third kappa shape index (κ3) is 2.02. The lowest BCUT2D eigenvalue weighted by atomic mass is 9.69. The highest BCUT2D eigenvalue weighted by Crippen LogP contribution is 2.42. The van der Waals surface area contributed by atoms with Gasteiger partial charge in [0.15, 0.2) is 0 Å². The fourth-order valence-corrected chi connectivity index (χ4v) is 2.97. The lowest BCUT2D eigenvalue weighted by Gasteiger charge is -2.38. The molecule has 0 bridgehead atoms. The van der Waals surface area contributed by atoms with Crippen LogP contribution in [0, 0.1) is 11.3 Å². The molecule has 1 aliphatic carbocycles. The molecule has 0 aromatic rings. The Labute approximate surface area is 88.0 Å². The summed E-state index contributed by atoms with van der Waals surface area (Å²) in [5.74, 6) is 0.729. The van der Waals surface area contributed by atoms with Crippen LogP contribution in [0.5, 0.6) is 0 Å². The Hall–Kier alpha value is -0.330. The molecule has 0 saturated heterocycles. The summed E-state index contributed by atoms with van der Waals surface area (Å²) in [6.07, 6.45) is 12.2. The van der Waals surface area contributed by atoms with Gasteiger partial charge in [-0.2, -0.15) is 0 Å². The highest BCUT2D eigenvalue weighted by molar-refractivity contribution is 5.67. The number of rotatable bonds is 1. The van der Waals surface area contributed by atoms with Gasteiger partial charge < -0.3 is 0 Å². The first-order chi connectivity index (χ1) is 6.72. The summed E-state index contributed by atoms with van der Waals surface area (Å²) >= 11 is 0. The maximum atomic E-state index is 4.78. The maximum absolute atomic E-state index is 4.78. The second-order valence-corrected chi connectivity index (χ2v) is 5.55. The Morgan fingerprint density at radius 3 is 2.36 bits per heavy atom. The molecule has 1 spiro atoms. The monoisotopic (exact) mass is 193 g/mol. The molecule has 0 aromatic carbocycles. The predicted octanol–water partition coefficient (Wildman–Crippen LogP) is 3.83. The summed E-state index contributed by atoms with van der Waals surface area (Å²) in [6.45, 7) is 4.59. The van der Waals surface area contributed by atoms with Gasteiger partial charge in [0.25, 0.3) is 0 Å². The van der Waals surface area contributed by atoms with Gasteiger partial charge in [-0.15, -0.1) is 0 Å². The van der Waals surface area contributed by atoms with E-state index in [4.69, 9.17) is 4.99 Å². The second kappa shape index (κ2) is 4.04. The molecule has 0 unspecified atom stereocenters. The molecule has 14 heavy (non-hydrogen) atoms. The van der Waals surface area contributed by atoms with Crippen molar-refractivity contribution in [1.82, 2.24) is 0 Å². The predicted molar refractivity (Wildman–Crippen MR) is 61.9 cm³/mol. The molecule has 1 saturated carbocycles. The molecular weight excluding hydrogens is 170 g/mol. The van der Waals surface area contributed by atoms with Crippen LogP contribution in [0.3, 0.4) is 0 Å². The summed E-state index contributed by atoms with van der Waals surface area (Å²) in [6, 6.07) is 0.613. The van der Waals surface area contributed by atoms with Crippen molar-refractivity contribution < 1.29 is 0 Å². The van der Waals surface area contributed by atoms with Crippen molar-refractivity contribution in [2.24, 2.45) is 16.3 Å². The van der Waals surface area contributed by atoms with E-state index in [1.165, 1.54) is 44.9 Å². The molecule has 1 fully saturated rings. The third-order valence-electron chi connectivity index (χ3n) is 4.10. The summed E-state index contributed by atoms with van der Waals surface area (Å²) in [5, 5.41) is 0. The van der Waals surface area contributed by atoms with Crippen LogP contribution >= 0.6 is 0 Å². The van der Waals surface area contributed by atoms with Gasteiger partial charge in [0, 0.05) is 11.6 Å². The van der Waals surface area contributed by atoms with E-state index >= 15 is 0 Å². The number of aliphatic imine (C=N–C) groups is 1. The minimum Gasteiger partial charge on any atom is -0.293 e. The van der Waals surface area contributed by atoms with Gasteiger partial charge in [-0.3, -0.25) is 4.99 Å². The molecule has 1 heterocycles. The van der Waals surface area contributed by atoms with Crippen molar-refractivity contribution in [3.63, 3.8) is 0 Å². The van der Waals surface area contributed by atoms with Crippen molar-refractivity contribution in [2.45, 2.75) is 64.8 Å². The third-order valence-corrected chi connectivity index (χ3v) is 4.10. The largest absolute Gasteiger partial charge is 0.293 e. The van der Waals surface area contributed by atoms with Gasteiger partial charge in [0.1, 0.15) is 0 Å². The van der Waals surface area contributed by atoms with Gasteiger partial charge >= 0.3 is 0 Å². The lowest BCUT2D eigenvalue weighted by molar-refractivity contribution is 0.236. The fraction of sp³-hybridized carbons (Fsp3) is 0.923. The van der Waals surface area contributed by atoms with E-state index in [-0.39, 0.29) is 0 Å². The Kier molecular flexibility index (Phi) is 2.94. The minimum absolute atomic E-state index is 0.531. The Morgan fingerprint density at radius 1 is 1.14 bits per heavy atom. The first-order valence-electron chi connectivity index (χ1n) is 6.26. The van der Waals surface area contributed by atoms with Gasteiger partial charge in [0.2, 0.25) is 0 Å². The van der Waals surface area contributed by atoms with Crippen LogP contribution in [0.2, 0.25) is 0 Å². The van der Waals surface area contributed by atoms with Crippen LogP contribution in [-0.4, -0.2) is 12.3 Å². The van der Waals surface area contributed by atoms with E-state index in [0.29, 0.717) is 11.5 Å². The molecule has 0 N–H and O–H groups in total. The van der Waals surface area contributed by atoms with Crippen molar-refractivity contribution in [1.29, 1.82) is 0 Å². The van der Waals surface area contributed by atoms with Crippen LogP contribution in [0.15, 0.2) is 4.99 Å². The molecule has 1 aliphatic heterocycles. The van der Waals surface area contributed by atoms with Crippen LogP contribution in [0.1, 0.15) is 58.8 Å². The van der Waals surface area contributed by atoms with Gasteiger partial charge in [-0.25, -0.2) is 0 Å². The highest BCUT2D eigenvalue weighted by Gasteiger charge is 2.34. The zero-order valence-corrected chi connectivity index (χ0v) is 9.63. The van der Waals surface area contributed by atoms with Crippen molar-refractivity contribution >= 4 is 6.21 Å². The molecular formula is C13H23N. The van der Waals surface area contributed by atoms with E-state index < -0.39 is 0 Å². The van der Waals surface area contributed by atoms with E-state index in [2.05, 4.69) is 20.1 Å². The van der Waals surface area contributed by atoms with Crippen LogP contribution < -0.4 is 0 Å². The molecule has 0 amide bonds. The standard InChI is InChI=1S/C13H23N/c1-11(2)12-6-9-13(10-14-12)7-4-3-5-8-13/h10-12H,3-9H2,1-2H3/t12-/m0/s1. The van der Waals surface area contributed by atoms with E-state index in [1.807, 2.05) is 0 Å². The quantitative estimate of drug-likeness (QED) is 0.600. The second-order valence-electron chi connectivity index (χ2n) is 5.55. The van der Waals surface area contributed by atoms with Gasteiger partial charge in [-0.1, -0.05) is 33.1 Å². The minimum atomic E-state index is 0.531. The molecule has 1 nitrogen and oxygen atoms in total. The highest BCUT2D eigenvalue weighted by atomic mass is 14.8. The molecule has 80 valence electrons. The summed E-state index contributed by atoms with van der Waals surface area (Å²) in [7, 11) is 0. The maximum Gasteiger partial charge on any atom is 0.0519 e. The van der Waals surface area contributed by atoms with Crippen LogP contribution in [0.25, 0.3) is 0 Å². The molecule has 1 heteroatoms. The Balaban J connectivity index is 2.01. The molecule has 2 aliphatic rings. The first-order valence-corrected chi connectivity index (χ1v) is 6.26. The SMILES string of the molecule is CC(C)[C@@H]1CCC2(C=N1)CCCCC2. The average Bonchev–Trinajstić information content (AvgIpc) is 2.19. The number of hydrogen-bond acceptors (Lipinski definition) is 1. The Morgan fingerprint density at radius 2 is 1.86 bits per heavy atom. The molecule has 0 aromatic heterocycles. The molecule has 1 atom stereocenters. The topological polar surface area (TPSA) is 12.4 Å². The van der Waals surface area contributed by atoms with Crippen LogP contribution in [-0.2, 0) is 0 Å². The fourth-order valence-electron chi connectivity index (χ4n) is 2.97. The van der Waals surface area contributed by atoms with Crippen molar-refractivity contribution in [3.05, 3.63) is 0 Å². The summed E-state index contributed by atoms with van der Waals surface area (Å²) in [4.78, 5) is 4.78. The van der Waals surface area contributed by atoms with Gasteiger partial charge in [-0.05, 0) is 31.6 Å². The van der Waals surface area contributed by atoms with Crippen LogP contribution in [0.4, 0.5) is 0 Å². The number of hydrogen-bond donors (Lipinski definition) is 0. The normalized spacial score (nSPS) is 31.2. The molecule has 2 rings (SSSR count).